The largest absolute Gasteiger partial charge is 0.486 e. The van der Waals surface area contributed by atoms with Crippen molar-refractivity contribution in [2.75, 3.05) is 7.11 Å². The topological polar surface area (TPSA) is 21.6 Å². The van der Waals surface area contributed by atoms with Gasteiger partial charge in [-0.15, -0.1) is 0 Å². The SMILES string of the molecule is CO/C=N\c1ccc(F)cc1. The Morgan fingerprint density at radius 3 is 2.55 bits per heavy atom. The molecule has 0 radical (unpaired) electrons. The van der Waals surface area contributed by atoms with Crippen LogP contribution in [-0.4, -0.2) is 13.5 Å². The van der Waals surface area contributed by atoms with Gasteiger partial charge in [-0.2, -0.15) is 0 Å². The smallest absolute Gasteiger partial charge is 0.174 e. The van der Waals surface area contributed by atoms with E-state index in [0.717, 1.165) is 0 Å². The van der Waals surface area contributed by atoms with Gasteiger partial charge in [0, 0.05) is 0 Å². The first-order valence-electron chi connectivity index (χ1n) is 3.14. The van der Waals surface area contributed by atoms with Crippen LogP contribution in [0.4, 0.5) is 10.1 Å². The standard InChI is InChI=1S/C8H8FNO/c1-11-6-10-8-4-2-7(9)3-5-8/h2-6H,1H3/b10-6-. The predicted octanol–water partition coefficient (Wildman–Crippen LogP) is 2.13. The molecule has 0 spiro atoms. The Morgan fingerprint density at radius 2 is 2.00 bits per heavy atom. The molecular weight excluding hydrogens is 145 g/mol. The Balaban J connectivity index is 2.73. The molecule has 58 valence electrons. The molecule has 0 amide bonds. The molecule has 0 N–H and O–H groups in total. The molecule has 0 fully saturated rings. The molecule has 0 aliphatic heterocycles. The van der Waals surface area contributed by atoms with Crippen molar-refractivity contribution in [1.82, 2.24) is 0 Å². The van der Waals surface area contributed by atoms with Gasteiger partial charge >= 0.3 is 0 Å². The highest BCUT2D eigenvalue weighted by Gasteiger charge is 1.88. The normalized spacial score (nSPS) is 10.4. The molecule has 3 heteroatoms. The quantitative estimate of drug-likeness (QED) is 0.471. The van der Waals surface area contributed by atoms with Crippen molar-refractivity contribution in [3.8, 4) is 0 Å². The predicted molar refractivity (Wildman–Crippen MR) is 41.6 cm³/mol. The van der Waals surface area contributed by atoms with Crippen LogP contribution in [0.5, 0.6) is 0 Å². The van der Waals surface area contributed by atoms with Crippen LogP contribution >= 0.6 is 0 Å². The molecule has 0 bridgehead atoms. The minimum absolute atomic E-state index is 0.263. The molecule has 0 aliphatic rings. The second-order valence-electron chi connectivity index (χ2n) is 1.95. The van der Waals surface area contributed by atoms with Gasteiger partial charge in [0.1, 0.15) is 5.82 Å². The van der Waals surface area contributed by atoms with Crippen LogP contribution in [0.1, 0.15) is 0 Å². The molecule has 11 heavy (non-hydrogen) atoms. The number of hydrogen-bond acceptors (Lipinski definition) is 2. The van der Waals surface area contributed by atoms with E-state index in [0.29, 0.717) is 5.69 Å². The van der Waals surface area contributed by atoms with E-state index in [9.17, 15) is 4.39 Å². The van der Waals surface area contributed by atoms with Crippen molar-refractivity contribution >= 4 is 12.1 Å². The lowest BCUT2D eigenvalue weighted by molar-refractivity contribution is 0.423. The first-order chi connectivity index (χ1) is 5.33. The van der Waals surface area contributed by atoms with Gasteiger partial charge in [0.25, 0.3) is 0 Å². The Labute approximate surface area is 64.3 Å². The van der Waals surface area contributed by atoms with Crippen molar-refractivity contribution in [2.24, 2.45) is 4.99 Å². The van der Waals surface area contributed by atoms with Gasteiger partial charge < -0.3 is 4.74 Å². The summed E-state index contributed by atoms with van der Waals surface area (Å²) in [6.07, 6.45) is 1.30. The number of methoxy groups -OCH3 is 1. The maximum atomic E-state index is 12.3. The fraction of sp³-hybridized carbons (Fsp3) is 0.125. The molecule has 0 saturated carbocycles. The van der Waals surface area contributed by atoms with E-state index in [-0.39, 0.29) is 5.82 Å². The molecular formula is C8H8FNO. The summed E-state index contributed by atoms with van der Waals surface area (Å²) in [6, 6.07) is 5.85. The summed E-state index contributed by atoms with van der Waals surface area (Å²) in [5.41, 5.74) is 0.674. The maximum absolute atomic E-state index is 12.3. The first kappa shape index (κ1) is 7.72. The van der Waals surface area contributed by atoms with Gasteiger partial charge in [-0.1, -0.05) is 0 Å². The highest BCUT2D eigenvalue weighted by atomic mass is 19.1. The fourth-order valence-corrected chi connectivity index (χ4v) is 0.641. The summed E-state index contributed by atoms with van der Waals surface area (Å²) in [7, 11) is 1.51. The molecule has 1 rings (SSSR count). The summed E-state index contributed by atoms with van der Waals surface area (Å²) >= 11 is 0. The third-order valence-corrected chi connectivity index (χ3v) is 1.13. The van der Waals surface area contributed by atoms with Crippen molar-refractivity contribution in [1.29, 1.82) is 0 Å². The lowest BCUT2D eigenvalue weighted by Gasteiger charge is -1.91. The highest BCUT2D eigenvalue weighted by molar-refractivity contribution is 5.55. The average Bonchev–Trinajstić information content (AvgIpc) is 2.04. The fourth-order valence-electron chi connectivity index (χ4n) is 0.641. The minimum Gasteiger partial charge on any atom is -0.486 e. The summed E-state index contributed by atoms with van der Waals surface area (Å²) in [5.74, 6) is -0.263. The molecule has 0 heterocycles. The van der Waals surface area contributed by atoms with Gasteiger partial charge in [0.15, 0.2) is 6.40 Å². The van der Waals surface area contributed by atoms with Gasteiger partial charge in [-0.05, 0) is 24.3 Å². The average molecular weight is 153 g/mol. The Bertz CT molecular complexity index is 243. The van der Waals surface area contributed by atoms with E-state index in [4.69, 9.17) is 0 Å². The lowest BCUT2D eigenvalue weighted by Crippen LogP contribution is -1.75. The van der Waals surface area contributed by atoms with Crippen LogP contribution in [0.15, 0.2) is 29.3 Å². The van der Waals surface area contributed by atoms with Crippen LogP contribution in [0.2, 0.25) is 0 Å². The van der Waals surface area contributed by atoms with E-state index in [1.165, 1.54) is 25.6 Å². The molecule has 0 unspecified atom stereocenters. The molecule has 1 aromatic carbocycles. The van der Waals surface area contributed by atoms with Crippen molar-refractivity contribution in [3.05, 3.63) is 30.1 Å². The Hall–Kier alpha value is -1.38. The number of nitrogens with zero attached hydrogens (tertiary/aromatic N) is 1. The second kappa shape index (κ2) is 3.71. The summed E-state index contributed by atoms with van der Waals surface area (Å²) < 4.78 is 16.9. The Morgan fingerprint density at radius 1 is 1.36 bits per heavy atom. The van der Waals surface area contributed by atoms with E-state index in [1.807, 2.05) is 0 Å². The van der Waals surface area contributed by atoms with E-state index < -0.39 is 0 Å². The van der Waals surface area contributed by atoms with Gasteiger partial charge in [-0.3, -0.25) is 0 Å². The van der Waals surface area contributed by atoms with Crippen LogP contribution in [0, 0.1) is 5.82 Å². The molecule has 0 aliphatic carbocycles. The van der Waals surface area contributed by atoms with E-state index in [1.54, 1.807) is 12.1 Å². The highest BCUT2D eigenvalue weighted by Crippen LogP contribution is 2.10. The Kier molecular flexibility index (Phi) is 2.60. The summed E-state index contributed by atoms with van der Waals surface area (Å²) in [6.45, 7) is 0. The molecule has 0 aromatic heterocycles. The number of aliphatic imine (C=N–C) groups is 1. The zero-order valence-corrected chi connectivity index (χ0v) is 6.12. The zero-order valence-electron chi connectivity index (χ0n) is 6.12. The van der Waals surface area contributed by atoms with Crippen molar-refractivity contribution in [3.63, 3.8) is 0 Å². The van der Waals surface area contributed by atoms with Gasteiger partial charge in [0.05, 0.1) is 12.8 Å². The second-order valence-corrected chi connectivity index (χ2v) is 1.95. The number of ether oxygens (including phenoxy) is 1. The number of benzene rings is 1. The lowest BCUT2D eigenvalue weighted by atomic mass is 10.3. The molecule has 2 nitrogen and oxygen atoms in total. The minimum atomic E-state index is -0.263. The zero-order chi connectivity index (χ0) is 8.10. The molecule has 1 aromatic rings. The van der Waals surface area contributed by atoms with Crippen LogP contribution < -0.4 is 0 Å². The van der Waals surface area contributed by atoms with Crippen LogP contribution in [0.3, 0.4) is 0 Å². The van der Waals surface area contributed by atoms with Crippen molar-refractivity contribution in [2.45, 2.75) is 0 Å². The molecule has 0 atom stereocenters. The van der Waals surface area contributed by atoms with E-state index in [2.05, 4.69) is 9.73 Å². The third-order valence-electron chi connectivity index (χ3n) is 1.13. The van der Waals surface area contributed by atoms with Crippen LogP contribution in [-0.2, 0) is 4.74 Å². The van der Waals surface area contributed by atoms with E-state index >= 15 is 0 Å². The third kappa shape index (κ3) is 2.37. The maximum Gasteiger partial charge on any atom is 0.174 e. The monoisotopic (exact) mass is 153 g/mol. The van der Waals surface area contributed by atoms with Crippen LogP contribution in [0.25, 0.3) is 0 Å². The number of halogens is 1. The summed E-state index contributed by atoms with van der Waals surface area (Å²) in [4.78, 5) is 3.85. The van der Waals surface area contributed by atoms with Gasteiger partial charge in [-0.25, -0.2) is 9.38 Å². The number of hydrogen-bond donors (Lipinski definition) is 0. The number of rotatable bonds is 2. The van der Waals surface area contributed by atoms with Crippen molar-refractivity contribution < 1.29 is 9.13 Å². The van der Waals surface area contributed by atoms with Gasteiger partial charge in [0.2, 0.25) is 0 Å². The first-order valence-corrected chi connectivity index (χ1v) is 3.14. The molecule has 0 saturated heterocycles. The summed E-state index contributed by atoms with van der Waals surface area (Å²) in [5, 5.41) is 0.